The minimum atomic E-state index is -0.335. The zero-order chi connectivity index (χ0) is 40.8. The lowest BCUT2D eigenvalue weighted by molar-refractivity contribution is 0.633. The maximum atomic E-state index is 2.54. The number of thiophene rings is 2. The second-order valence-corrected chi connectivity index (χ2v) is 19.4. The van der Waals surface area contributed by atoms with E-state index in [-0.39, 0.29) is 5.41 Å². The normalized spacial score (nSPS) is 13.7. The van der Waals surface area contributed by atoms with Crippen LogP contribution in [0, 0.1) is 0 Å². The molecule has 5 heteroatoms. The number of rotatable bonds is 3. The minimum absolute atomic E-state index is 0.335. The van der Waals surface area contributed by atoms with Gasteiger partial charge in [-0.15, -0.1) is 22.7 Å². The summed E-state index contributed by atoms with van der Waals surface area (Å²) < 4.78 is 10.3. The molecule has 0 radical (unpaired) electrons. The van der Waals surface area contributed by atoms with Crippen LogP contribution in [0.1, 0.15) is 25.0 Å². The predicted octanol–water partition coefficient (Wildman–Crippen LogP) is 16.7. The zero-order valence-electron chi connectivity index (χ0n) is 34.1. The Bertz CT molecular complexity index is 4020. The SMILES string of the molecule is CC1(C)c2cc3c4ccccc4n(-c4cccc5c4sc4ccccc45)c3cc2N(c2ccccc2)c2cc3c4ccccc4n(-c4cccc5c4sc4ccccc45)c3cc21. The lowest BCUT2D eigenvalue weighted by atomic mass is 9.72. The first-order valence-corrected chi connectivity index (χ1v) is 23.0. The van der Waals surface area contributed by atoms with E-state index in [4.69, 9.17) is 0 Å². The summed E-state index contributed by atoms with van der Waals surface area (Å²) in [5, 5.41) is 10.3. The standard InChI is InChI=1S/C57H37N3S2/c1-57(2)43-30-41-35-18-6-10-24-45(35)60(48-27-15-23-40-38-21-9-13-29-54(38)62-56(40)48)50(41)33-52(43)58(34-16-4-3-5-17-34)51-31-42-36-19-7-11-25-46(36)59(49(42)32-44(51)57)47-26-14-22-39-37-20-8-12-28-53(37)61-55(39)47/h3-33H,1-2H3. The lowest BCUT2D eigenvalue weighted by Gasteiger charge is -2.42. The van der Waals surface area contributed by atoms with Gasteiger partial charge in [0.1, 0.15) is 0 Å². The third-order valence-electron chi connectivity index (χ3n) is 13.7. The summed E-state index contributed by atoms with van der Waals surface area (Å²) in [6, 6.07) is 70.2. The van der Waals surface area contributed by atoms with Crippen LogP contribution in [-0.2, 0) is 5.41 Å². The fraction of sp³-hybridized carbons (Fsp3) is 0.0526. The molecule has 0 fully saturated rings. The molecule has 0 bridgehead atoms. The van der Waals surface area contributed by atoms with E-state index in [1.54, 1.807) is 0 Å². The average molecular weight is 828 g/mol. The van der Waals surface area contributed by atoms with Gasteiger partial charge in [0.05, 0.1) is 54.2 Å². The van der Waals surface area contributed by atoms with Crippen LogP contribution in [-0.4, -0.2) is 9.13 Å². The Kier molecular flexibility index (Phi) is 6.93. The molecular formula is C57H37N3S2. The topological polar surface area (TPSA) is 13.1 Å². The zero-order valence-corrected chi connectivity index (χ0v) is 35.7. The van der Waals surface area contributed by atoms with Crippen molar-refractivity contribution in [3.63, 3.8) is 0 Å². The summed E-state index contributed by atoms with van der Waals surface area (Å²) in [6.07, 6.45) is 0. The number of fused-ring (bicyclic) bond motifs is 14. The number of hydrogen-bond acceptors (Lipinski definition) is 3. The monoisotopic (exact) mass is 827 g/mol. The van der Waals surface area contributed by atoms with E-state index in [1.165, 1.54) is 118 Å². The van der Waals surface area contributed by atoms with Gasteiger partial charge < -0.3 is 14.0 Å². The molecule has 14 rings (SSSR count). The van der Waals surface area contributed by atoms with Crippen LogP contribution in [0.25, 0.3) is 95.3 Å². The van der Waals surface area contributed by atoms with Gasteiger partial charge in [0.2, 0.25) is 0 Å². The number of hydrogen-bond donors (Lipinski definition) is 0. The molecule has 1 aliphatic heterocycles. The van der Waals surface area contributed by atoms with Gasteiger partial charge in [-0.25, -0.2) is 0 Å². The van der Waals surface area contributed by atoms with E-state index in [2.05, 4.69) is 216 Å². The van der Waals surface area contributed by atoms with E-state index in [0.717, 1.165) is 5.69 Å². The van der Waals surface area contributed by atoms with Crippen molar-refractivity contribution in [2.24, 2.45) is 0 Å². The average Bonchev–Trinajstić information content (AvgIpc) is 4.06. The molecule has 0 atom stereocenters. The van der Waals surface area contributed by atoms with Crippen molar-refractivity contribution in [3.8, 4) is 11.4 Å². The van der Waals surface area contributed by atoms with E-state index in [9.17, 15) is 0 Å². The summed E-state index contributed by atoms with van der Waals surface area (Å²) in [5.41, 5.74) is 13.2. The van der Waals surface area contributed by atoms with Gasteiger partial charge in [0.25, 0.3) is 0 Å². The number of benzene rings is 9. The Morgan fingerprint density at radius 3 is 1.39 bits per heavy atom. The molecule has 0 aliphatic carbocycles. The van der Waals surface area contributed by atoms with Gasteiger partial charge >= 0.3 is 0 Å². The molecule has 0 N–H and O–H groups in total. The first-order chi connectivity index (χ1) is 30.5. The second-order valence-electron chi connectivity index (χ2n) is 17.3. The molecule has 0 saturated carbocycles. The lowest BCUT2D eigenvalue weighted by Crippen LogP contribution is -2.30. The first kappa shape index (κ1) is 34.5. The second kappa shape index (κ2) is 12.5. The fourth-order valence-electron chi connectivity index (χ4n) is 10.8. The third kappa shape index (κ3) is 4.54. The number of anilines is 3. The van der Waals surface area contributed by atoms with Crippen molar-refractivity contribution >= 4 is 124 Å². The van der Waals surface area contributed by atoms with Crippen LogP contribution in [0.2, 0.25) is 0 Å². The molecule has 0 amide bonds. The molecule has 1 aliphatic rings. The molecule has 0 unspecified atom stereocenters. The summed E-state index contributed by atoms with van der Waals surface area (Å²) >= 11 is 3.79. The Labute approximate surface area is 365 Å². The first-order valence-electron chi connectivity index (χ1n) is 21.3. The van der Waals surface area contributed by atoms with Crippen LogP contribution in [0.4, 0.5) is 17.1 Å². The molecule has 0 spiro atoms. The fourth-order valence-corrected chi connectivity index (χ4v) is 13.3. The largest absolute Gasteiger partial charge is 0.310 e. The van der Waals surface area contributed by atoms with Gasteiger partial charge in [0.15, 0.2) is 0 Å². The minimum Gasteiger partial charge on any atom is -0.310 e. The number of aromatic nitrogens is 2. The van der Waals surface area contributed by atoms with Crippen LogP contribution in [0.5, 0.6) is 0 Å². The third-order valence-corrected chi connectivity index (χ3v) is 16.1. The van der Waals surface area contributed by atoms with Crippen molar-refractivity contribution in [3.05, 3.63) is 199 Å². The van der Waals surface area contributed by atoms with Gasteiger partial charge in [-0.2, -0.15) is 0 Å². The molecule has 3 nitrogen and oxygen atoms in total. The summed E-state index contributed by atoms with van der Waals surface area (Å²) in [5.74, 6) is 0. The number of nitrogens with zero attached hydrogens (tertiary/aromatic N) is 3. The maximum absolute atomic E-state index is 2.54. The Morgan fingerprint density at radius 2 is 0.790 bits per heavy atom. The molecule has 292 valence electrons. The predicted molar refractivity (Wildman–Crippen MR) is 268 cm³/mol. The molecule has 62 heavy (non-hydrogen) atoms. The van der Waals surface area contributed by atoms with Crippen LogP contribution < -0.4 is 4.90 Å². The van der Waals surface area contributed by atoms with Gasteiger partial charge in [-0.1, -0.05) is 129 Å². The van der Waals surface area contributed by atoms with Crippen LogP contribution in [0.3, 0.4) is 0 Å². The van der Waals surface area contributed by atoms with Crippen molar-refractivity contribution in [2.75, 3.05) is 4.90 Å². The molecule has 0 saturated heterocycles. The Morgan fingerprint density at radius 1 is 0.339 bits per heavy atom. The number of para-hydroxylation sites is 3. The molecule has 4 aromatic heterocycles. The van der Waals surface area contributed by atoms with Gasteiger partial charge in [-0.05, 0) is 83.9 Å². The highest BCUT2D eigenvalue weighted by atomic mass is 32.1. The molecule has 9 aromatic carbocycles. The summed E-state index contributed by atoms with van der Waals surface area (Å²) in [7, 11) is 0. The maximum Gasteiger partial charge on any atom is 0.0640 e. The van der Waals surface area contributed by atoms with Crippen LogP contribution in [0.15, 0.2) is 188 Å². The van der Waals surface area contributed by atoms with E-state index in [1.807, 2.05) is 22.7 Å². The van der Waals surface area contributed by atoms with Crippen molar-refractivity contribution in [2.45, 2.75) is 19.3 Å². The van der Waals surface area contributed by atoms with E-state index < -0.39 is 0 Å². The highest BCUT2D eigenvalue weighted by Crippen LogP contribution is 2.56. The van der Waals surface area contributed by atoms with Crippen LogP contribution >= 0.6 is 22.7 Å². The van der Waals surface area contributed by atoms with Gasteiger partial charge in [-0.3, -0.25) is 0 Å². The van der Waals surface area contributed by atoms with Crippen molar-refractivity contribution < 1.29 is 0 Å². The van der Waals surface area contributed by atoms with Crippen molar-refractivity contribution in [1.29, 1.82) is 0 Å². The highest BCUT2D eigenvalue weighted by molar-refractivity contribution is 7.26. The Hall–Kier alpha value is -7.18. The molecular weight excluding hydrogens is 791 g/mol. The Balaban J connectivity index is 1.08. The van der Waals surface area contributed by atoms with E-state index >= 15 is 0 Å². The molecule has 13 aromatic rings. The van der Waals surface area contributed by atoms with Gasteiger partial charge in [0, 0.05) is 63.6 Å². The van der Waals surface area contributed by atoms with Crippen molar-refractivity contribution in [1.82, 2.24) is 9.13 Å². The molecule has 5 heterocycles. The van der Waals surface area contributed by atoms with E-state index in [0.29, 0.717) is 0 Å². The smallest absolute Gasteiger partial charge is 0.0640 e. The summed E-state index contributed by atoms with van der Waals surface area (Å²) in [4.78, 5) is 2.54. The highest BCUT2D eigenvalue weighted by Gasteiger charge is 2.39. The quantitative estimate of drug-likeness (QED) is 0.173. The summed E-state index contributed by atoms with van der Waals surface area (Å²) in [6.45, 7) is 4.86.